The highest BCUT2D eigenvalue weighted by molar-refractivity contribution is 5.69. The first-order chi connectivity index (χ1) is 12.0. The zero-order valence-corrected chi connectivity index (χ0v) is 14.5. The number of ether oxygens (including phenoxy) is 1. The van der Waals surface area contributed by atoms with Gasteiger partial charge in [0, 0.05) is 13.1 Å². The van der Waals surface area contributed by atoms with Gasteiger partial charge in [-0.05, 0) is 42.4 Å². The van der Waals surface area contributed by atoms with Crippen molar-refractivity contribution < 1.29 is 14.6 Å². The summed E-state index contributed by atoms with van der Waals surface area (Å²) in [4.78, 5) is 12.9. The van der Waals surface area contributed by atoms with E-state index in [9.17, 15) is 4.79 Å². The smallest absolute Gasteiger partial charge is 0.307 e. The second-order valence-electron chi connectivity index (χ2n) is 6.18. The SMILES string of the molecule is CC(CN(C)Cc1cccc(OCc2cccc(C#N)c2)c1)C(=O)O. The Bertz CT molecular complexity index is 768. The van der Waals surface area contributed by atoms with Crippen LogP contribution in [0.25, 0.3) is 0 Å². The fourth-order valence-electron chi connectivity index (χ4n) is 2.55. The van der Waals surface area contributed by atoms with Crippen molar-refractivity contribution in [1.82, 2.24) is 4.90 Å². The highest BCUT2D eigenvalue weighted by atomic mass is 16.5. The standard InChI is InChI=1S/C20H22N2O3/c1-15(20(23)24)12-22(2)13-17-6-4-8-19(10-17)25-14-18-7-3-5-16(9-18)11-21/h3-10,15H,12-14H2,1-2H3,(H,23,24). The van der Waals surface area contributed by atoms with Crippen LogP contribution in [0.5, 0.6) is 5.75 Å². The summed E-state index contributed by atoms with van der Waals surface area (Å²) < 4.78 is 5.81. The van der Waals surface area contributed by atoms with E-state index < -0.39 is 11.9 Å². The molecule has 2 aromatic carbocycles. The minimum atomic E-state index is -0.788. The van der Waals surface area contributed by atoms with Crippen molar-refractivity contribution in [2.24, 2.45) is 5.92 Å². The molecule has 2 aromatic rings. The Kier molecular flexibility index (Phi) is 6.55. The number of hydrogen-bond donors (Lipinski definition) is 1. The topological polar surface area (TPSA) is 73.6 Å². The Hall–Kier alpha value is -2.84. The van der Waals surface area contributed by atoms with Gasteiger partial charge in [-0.15, -0.1) is 0 Å². The van der Waals surface area contributed by atoms with Crippen LogP contribution >= 0.6 is 0 Å². The molecular weight excluding hydrogens is 316 g/mol. The van der Waals surface area contributed by atoms with E-state index in [0.717, 1.165) is 16.9 Å². The van der Waals surface area contributed by atoms with E-state index in [0.29, 0.717) is 25.3 Å². The number of nitrogens with zero attached hydrogens (tertiary/aromatic N) is 2. The molecular formula is C20H22N2O3. The Labute approximate surface area is 148 Å². The lowest BCUT2D eigenvalue weighted by molar-refractivity contribution is -0.141. The summed E-state index contributed by atoms with van der Waals surface area (Å²) in [5.41, 5.74) is 2.62. The van der Waals surface area contributed by atoms with Crippen LogP contribution in [-0.2, 0) is 17.9 Å². The third-order valence-electron chi connectivity index (χ3n) is 3.82. The fourth-order valence-corrected chi connectivity index (χ4v) is 2.55. The van der Waals surface area contributed by atoms with Crippen LogP contribution in [0.2, 0.25) is 0 Å². The van der Waals surface area contributed by atoms with Crippen LogP contribution < -0.4 is 4.74 Å². The van der Waals surface area contributed by atoms with Crippen LogP contribution in [0.15, 0.2) is 48.5 Å². The first kappa shape index (κ1) is 18.5. The summed E-state index contributed by atoms with van der Waals surface area (Å²) in [5, 5.41) is 17.9. The highest BCUT2D eigenvalue weighted by Gasteiger charge is 2.13. The van der Waals surface area contributed by atoms with Gasteiger partial charge in [0.1, 0.15) is 12.4 Å². The van der Waals surface area contributed by atoms with E-state index in [1.807, 2.05) is 54.4 Å². The molecule has 0 bridgehead atoms. The molecule has 0 aliphatic carbocycles. The molecule has 2 rings (SSSR count). The summed E-state index contributed by atoms with van der Waals surface area (Å²) in [6, 6.07) is 17.2. The Morgan fingerprint density at radius 2 is 1.96 bits per heavy atom. The van der Waals surface area contributed by atoms with Crippen molar-refractivity contribution in [3.8, 4) is 11.8 Å². The van der Waals surface area contributed by atoms with Crippen LogP contribution in [0.1, 0.15) is 23.6 Å². The van der Waals surface area contributed by atoms with Crippen LogP contribution in [0.4, 0.5) is 0 Å². The maximum absolute atomic E-state index is 10.9. The van der Waals surface area contributed by atoms with Crippen molar-refractivity contribution >= 4 is 5.97 Å². The van der Waals surface area contributed by atoms with E-state index in [2.05, 4.69) is 6.07 Å². The van der Waals surface area contributed by atoms with Crippen LogP contribution in [0.3, 0.4) is 0 Å². The number of hydrogen-bond acceptors (Lipinski definition) is 4. The summed E-state index contributed by atoms with van der Waals surface area (Å²) in [6.45, 7) is 3.23. The zero-order chi connectivity index (χ0) is 18.2. The van der Waals surface area contributed by atoms with Crippen LogP contribution in [-0.4, -0.2) is 29.6 Å². The molecule has 0 saturated heterocycles. The molecule has 1 unspecified atom stereocenters. The average molecular weight is 338 g/mol. The number of benzene rings is 2. The van der Waals surface area contributed by atoms with Crippen molar-refractivity contribution in [2.45, 2.75) is 20.1 Å². The number of carboxylic acids is 1. The number of rotatable bonds is 8. The number of carboxylic acid groups (broad SMARTS) is 1. The van der Waals surface area contributed by atoms with Gasteiger partial charge in [-0.2, -0.15) is 5.26 Å². The van der Waals surface area contributed by atoms with Crippen molar-refractivity contribution in [3.05, 3.63) is 65.2 Å². The number of carbonyl (C=O) groups is 1. The molecule has 130 valence electrons. The first-order valence-electron chi connectivity index (χ1n) is 8.10. The predicted octanol–water partition coefficient (Wildman–Crippen LogP) is 3.29. The van der Waals surface area contributed by atoms with E-state index in [1.54, 1.807) is 13.0 Å². The molecule has 0 heterocycles. The monoisotopic (exact) mass is 338 g/mol. The van der Waals surface area contributed by atoms with Gasteiger partial charge in [-0.25, -0.2) is 0 Å². The molecule has 0 fully saturated rings. The quantitative estimate of drug-likeness (QED) is 0.799. The second kappa shape index (κ2) is 8.86. The summed E-state index contributed by atoms with van der Waals surface area (Å²) in [7, 11) is 1.90. The van der Waals surface area contributed by atoms with Gasteiger partial charge in [0.25, 0.3) is 0 Å². The summed E-state index contributed by atoms with van der Waals surface area (Å²) in [5.74, 6) is -0.445. The molecule has 0 spiro atoms. The molecule has 5 nitrogen and oxygen atoms in total. The predicted molar refractivity (Wildman–Crippen MR) is 95.1 cm³/mol. The molecule has 0 aliphatic rings. The lowest BCUT2D eigenvalue weighted by Crippen LogP contribution is -2.28. The molecule has 0 radical (unpaired) electrons. The van der Waals surface area contributed by atoms with E-state index >= 15 is 0 Å². The summed E-state index contributed by atoms with van der Waals surface area (Å²) in [6.07, 6.45) is 0. The Morgan fingerprint density at radius 3 is 2.68 bits per heavy atom. The normalized spacial score (nSPS) is 11.8. The van der Waals surface area contributed by atoms with Gasteiger partial charge in [0.05, 0.1) is 17.6 Å². The molecule has 1 atom stereocenters. The fraction of sp³-hybridized carbons (Fsp3) is 0.300. The molecule has 1 N–H and O–H groups in total. The lowest BCUT2D eigenvalue weighted by Gasteiger charge is -2.19. The Balaban J connectivity index is 1.94. The van der Waals surface area contributed by atoms with E-state index in [4.69, 9.17) is 15.1 Å². The minimum Gasteiger partial charge on any atom is -0.489 e. The molecule has 0 aromatic heterocycles. The Morgan fingerprint density at radius 1 is 1.24 bits per heavy atom. The molecule has 0 aliphatic heterocycles. The van der Waals surface area contributed by atoms with E-state index in [1.165, 1.54) is 0 Å². The number of nitriles is 1. The van der Waals surface area contributed by atoms with Gasteiger partial charge in [-0.1, -0.05) is 31.2 Å². The van der Waals surface area contributed by atoms with Gasteiger partial charge in [-0.3, -0.25) is 4.79 Å². The maximum atomic E-state index is 10.9. The lowest BCUT2D eigenvalue weighted by atomic mass is 10.1. The largest absolute Gasteiger partial charge is 0.489 e. The summed E-state index contributed by atoms with van der Waals surface area (Å²) >= 11 is 0. The highest BCUT2D eigenvalue weighted by Crippen LogP contribution is 2.17. The first-order valence-corrected chi connectivity index (χ1v) is 8.10. The average Bonchev–Trinajstić information content (AvgIpc) is 2.60. The third-order valence-corrected chi connectivity index (χ3v) is 3.82. The van der Waals surface area contributed by atoms with Crippen molar-refractivity contribution in [3.63, 3.8) is 0 Å². The van der Waals surface area contributed by atoms with Crippen molar-refractivity contribution in [1.29, 1.82) is 5.26 Å². The van der Waals surface area contributed by atoms with Gasteiger partial charge in [0.2, 0.25) is 0 Å². The minimum absolute atomic E-state index is 0.394. The molecule has 0 saturated carbocycles. The maximum Gasteiger partial charge on any atom is 0.307 e. The number of aliphatic carboxylic acids is 1. The third kappa shape index (κ3) is 5.94. The van der Waals surface area contributed by atoms with Gasteiger partial charge in [0.15, 0.2) is 0 Å². The zero-order valence-electron chi connectivity index (χ0n) is 14.5. The van der Waals surface area contributed by atoms with E-state index in [-0.39, 0.29) is 0 Å². The molecule has 25 heavy (non-hydrogen) atoms. The molecule has 0 amide bonds. The van der Waals surface area contributed by atoms with Gasteiger partial charge >= 0.3 is 5.97 Å². The molecule has 5 heteroatoms. The van der Waals surface area contributed by atoms with Crippen molar-refractivity contribution in [2.75, 3.05) is 13.6 Å². The van der Waals surface area contributed by atoms with Gasteiger partial charge < -0.3 is 14.7 Å². The van der Waals surface area contributed by atoms with Crippen LogP contribution in [0, 0.1) is 17.2 Å². The second-order valence-corrected chi connectivity index (χ2v) is 6.18.